The third-order valence-corrected chi connectivity index (χ3v) is 2.68. The summed E-state index contributed by atoms with van der Waals surface area (Å²) in [6.07, 6.45) is -2.66. The van der Waals surface area contributed by atoms with Gasteiger partial charge < -0.3 is 10.2 Å². The van der Waals surface area contributed by atoms with Crippen LogP contribution in [0.5, 0.6) is 0 Å². The van der Waals surface area contributed by atoms with Crippen molar-refractivity contribution in [2.75, 3.05) is 20.1 Å². The minimum Gasteiger partial charge on any atom is -0.336 e. The molecule has 1 aliphatic rings. The van der Waals surface area contributed by atoms with Crippen LogP contribution < -0.4 is 5.32 Å². The van der Waals surface area contributed by atoms with Gasteiger partial charge in [0.15, 0.2) is 0 Å². The maximum Gasteiger partial charge on any atom is 0.383 e. The minimum atomic E-state index is -4.57. The highest BCUT2D eigenvalue weighted by atomic mass is 19.3. The Bertz CT molecular complexity index is 260. The molecule has 1 heterocycles. The van der Waals surface area contributed by atoms with Gasteiger partial charge in [0.1, 0.15) is 0 Å². The molecule has 1 atom stereocenters. The summed E-state index contributed by atoms with van der Waals surface area (Å²) in [6, 6.07) is -0.105. The molecule has 1 fully saturated rings. The molecule has 0 spiro atoms. The zero-order valence-electron chi connectivity index (χ0n) is 8.85. The molecule has 0 saturated carbocycles. The number of piperidine rings is 1. The van der Waals surface area contributed by atoms with Crippen LogP contribution in [0.4, 0.5) is 17.6 Å². The molecule has 1 N–H and O–H groups in total. The first kappa shape index (κ1) is 13.2. The molecule has 1 rings (SSSR count). The van der Waals surface area contributed by atoms with Crippen molar-refractivity contribution in [3.8, 4) is 0 Å². The van der Waals surface area contributed by atoms with Crippen molar-refractivity contribution >= 4 is 5.91 Å². The summed E-state index contributed by atoms with van der Waals surface area (Å²) < 4.78 is 49.6. The van der Waals surface area contributed by atoms with E-state index in [0.29, 0.717) is 6.42 Å². The SMILES string of the molecule is CNC1CCCN(C(=O)C(F)(F)C(F)F)C1. The lowest BCUT2D eigenvalue weighted by Crippen LogP contribution is -2.54. The van der Waals surface area contributed by atoms with Crippen LogP contribution in [-0.4, -0.2) is 49.3 Å². The molecule has 0 radical (unpaired) electrons. The lowest BCUT2D eigenvalue weighted by Gasteiger charge is -2.34. The molecule has 0 aromatic carbocycles. The van der Waals surface area contributed by atoms with E-state index in [9.17, 15) is 22.4 Å². The molecule has 1 saturated heterocycles. The zero-order chi connectivity index (χ0) is 12.3. The highest BCUT2D eigenvalue weighted by molar-refractivity contribution is 5.84. The smallest absolute Gasteiger partial charge is 0.336 e. The van der Waals surface area contributed by atoms with Gasteiger partial charge in [-0.05, 0) is 19.9 Å². The van der Waals surface area contributed by atoms with Crippen LogP contribution in [0.25, 0.3) is 0 Å². The van der Waals surface area contributed by atoms with E-state index >= 15 is 0 Å². The Labute approximate surface area is 90.8 Å². The molecule has 0 aromatic rings. The quantitative estimate of drug-likeness (QED) is 0.751. The number of alkyl halides is 4. The van der Waals surface area contributed by atoms with Crippen LogP contribution in [0.2, 0.25) is 0 Å². The van der Waals surface area contributed by atoms with Crippen LogP contribution in [0.1, 0.15) is 12.8 Å². The van der Waals surface area contributed by atoms with Gasteiger partial charge in [0.25, 0.3) is 5.91 Å². The summed E-state index contributed by atoms with van der Waals surface area (Å²) in [7, 11) is 1.64. The third kappa shape index (κ3) is 2.63. The van der Waals surface area contributed by atoms with E-state index in [2.05, 4.69) is 5.32 Å². The number of amides is 1. The van der Waals surface area contributed by atoms with Gasteiger partial charge in [0.05, 0.1) is 0 Å². The lowest BCUT2D eigenvalue weighted by atomic mass is 10.1. The molecule has 1 unspecified atom stereocenters. The number of nitrogens with one attached hydrogen (secondary N) is 1. The molecule has 0 aliphatic carbocycles. The Balaban J connectivity index is 2.66. The van der Waals surface area contributed by atoms with Gasteiger partial charge in [0.2, 0.25) is 0 Å². The predicted octanol–water partition coefficient (Wildman–Crippen LogP) is 1.10. The zero-order valence-corrected chi connectivity index (χ0v) is 8.85. The Morgan fingerprint density at radius 2 is 2.12 bits per heavy atom. The minimum absolute atomic E-state index is 0.0532. The van der Waals surface area contributed by atoms with Crippen molar-refractivity contribution in [3.05, 3.63) is 0 Å². The van der Waals surface area contributed by atoms with E-state index in [1.165, 1.54) is 0 Å². The van der Waals surface area contributed by atoms with Gasteiger partial charge in [-0.1, -0.05) is 0 Å². The Hall–Kier alpha value is -0.850. The number of likely N-dealkylation sites (N-methyl/N-ethyl adjacent to an activating group) is 1. The molecule has 7 heteroatoms. The summed E-state index contributed by atoms with van der Waals surface area (Å²) in [4.78, 5) is 12.0. The van der Waals surface area contributed by atoms with Crippen LogP contribution >= 0.6 is 0 Å². The molecular formula is C9H14F4N2O. The topological polar surface area (TPSA) is 32.3 Å². The normalized spacial score (nSPS) is 22.6. The van der Waals surface area contributed by atoms with Gasteiger partial charge >= 0.3 is 12.3 Å². The van der Waals surface area contributed by atoms with Gasteiger partial charge in [-0.15, -0.1) is 0 Å². The second-order valence-corrected chi connectivity index (χ2v) is 3.80. The predicted molar refractivity (Wildman–Crippen MR) is 49.6 cm³/mol. The van der Waals surface area contributed by atoms with Gasteiger partial charge in [-0.25, -0.2) is 8.78 Å². The van der Waals surface area contributed by atoms with Crippen molar-refractivity contribution < 1.29 is 22.4 Å². The summed E-state index contributed by atoms with van der Waals surface area (Å²) >= 11 is 0. The maximum atomic E-state index is 12.8. The van der Waals surface area contributed by atoms with E-state index in [-0.39, 0.29) is 19.1 Å². The average molecular weight is 242 g/mol. The van der Waals surface area contributed by atoms with Crippen molar-refractivity contribution in [2.24, 2.45) is 0 Å². The number of carbonyl (C=O) groups excluding carboxylic acids is 1. The standard InChI is InChI=1S/C9H14F4N2O/c1-14-6-3-2-4-15(5-6)8(16)9(12,13)7(10)11/h6-7,14H,2-5H2,1H3. The fourth-order valence-corrected chi connectivity index (χ4v) is 1.70. The van der Waals surface area contributed by atoms with E-state index in [1.54, 1.807) is 7.05 Å². The fourth-order valence-electron chi connectivity index (χ4n) is 1.70. The monoisotopic (exact) mass is 242 g/mol. The molecule has 3 nitrogen and oxygen atoms in total. The largest absolute Gasteiger partial charge is 0.383 e. The Morgan fingerprint density at radius 1 is 1.50 bits per heavy atom. The summed E-state index contributed by atoms with van der Waals surface area (Å²) in [5.41, 5.74) is 0. The van der Waals surface area contributed by atoms with Crippen LogP contribution in [0, 0.1) is 0 Å². The molecule has 16 heavy (non-hydrogen) atoms. The summed E-state index contributed by atoms with van der Waals surface area (Å²) in [5, 5.41) is 2.84. The van der Waals surface area contributed by atoms with Crippen molar-refractivity contribution in [1.29, 1.82) is 0 Å². The Morgan fingerprint density at radius 3 is 2.62 bits per heavy atom. The Kier molecular flexibility index (Phi) is 4.12. The van der Waals surface area contributed by atoms with E-state index in [0.717, 1.165) is 11.3 Å². The lowest BCUT2D eigenvalue weighted by molar-refractivity contribution is -0.181. The molecule has 0 bridgehead atoms. The first-order valence-corrected chi connectivity index (χ1v) is 5.02. The second kappa shape index (κ2) is 4.99. The van der Waals surface area contributed by atoms with E-state index in [1.807, 2.05) is 0 Å². The summed E-state index contributed by atoms with van der Waals surface area (Å²) in [6.45, 7) is 0.164. The van der Waals surface area contributed by atoms with Crippen molar-refractivity contribution in [1.82, 2.24) is 10.2 Å². The van der Waals surface area contributed by atoms with E-state index < -0.39 is 18.3 Å². The maximum absolute atomic E-state index is 12.8. The number of carbonyl (C=O) groups is 1. The molecule has 1 aliphatic heterocycles. The molecule has 1 amide bonds. The summed E-state index contributed by atoms with van der Waals surface area (Å²) in [5.74, 6) is -6.35. The van der Waals surface area contributed by atoms with Gasteiger partial charge in [-0.2, -0.15) is 8.78 Å². The first-order chi connectivity index (χ1) is 7.39. The molecular weight excluding hydrogens is 228 g/mol. The van der Waals surface area contributed by atoms with E-state index in [4.69, 9.17) is 0 Å². The van der Waals surface area contributed by atoms with Crippen LogP contribution in [0.15, 0.2) is 0 Å². The molecule has 94 valence electrons. The highest BCUT2D eigenvalue weighted by Gasteiger charge is 2.51. The highest BCUT2D eigenvalue weighted by Crippen LogP contribution is 2.26. The third-order valence-electron chi connectivity index (χ3n) is 2.68. The van der Waals surface area contributed by atoms with Gasteiger partial charge in [0, 0.05) is 19.1 Å². The van der Waals surface area contributed by atoms with Crippen LogP contribution in [0.3, 0.4) is 0 Å². The first-order valence-electron chi connectivity index (χ1n) is 5.02. The molecule has 0 aromatic heterocycles. The van der Waals surface area contributed by atoms with Gasteiger partial charge in [-0.3, -0.25) is 4.79 Å². The van der Waals surface area contributed by atoms with Crippen molar-refractivity contribution in [3.63, 3.8) is 0 Å². The fraction of sp³-hybridized carbons (Fsp3) is 0.889. The van der Waals surface area contributed by atoms with Crippen molar-refractivity contribution in [2.45, 2.75) is 31.2 Å². The van der Waals surface area contributed by atoms with Crippen LogP contribution in [-0.2, 0) is 4.79 Å². The average Bonchev–Trinajstić information content (AvgIpc) is 2.27. The number of halogens is 4. The number of likely N-dealkylation sites (tertiary alicyclic amines) is 1. The number of hydrogen-bond donors (Lipinski definition) is 1. The number of nitrogens with zero attached hydrogens (tertiary/aromatic N) is 1. The number of rotatable bonds is 3. The number of hydrogen-bond acceptors (Lipinski definition) is 2. The second-order valence-electron chi connectivity index (χ2n) is 3.80.